The molecule has 0 bridgehead atoms. The molecular formula is C30H35ClFN3O5S. The van der Waals surface area contributed by atoms with E-state index in [1.165, 1.54) is 48.4 Å². The molecular weight excluding hydrogens is 569 g/mol. The molecule has 11 heteroatoms. The lowest BCUT2D eigenvalue weighted by atomic mass is 10.1. The predicted octanol–water partition coefficient (Wildman–Crippen LogP) is 5.41. The summed E-state index contributed by atoms with van der Waals surface area (Å²) in [5.74, 6) is -1.04. The molecule has 220 valence electrons. The molecule has 8 nitrogen and oxygen atoms in total. The Morgan fingerprint density at radius 3 is 2.10 bits per heavy atom. The van der Waals surface area contributed by atoms with Crippen molar-refractivity contribution >= 4 is 39.1 Å². The maximum absolute atomic E-state index is 14.0. The Morgan fingerprint density at radius 2 is 1.56 bits per heavy atom. The zero-order valence-electron chi connectivity index (χ0n) is 23.5. The Labute approximate surface area is 246 Å². The molecule has 1 N–H and O–H groups in total. The van der Waals surface area contributed by atoms with Crippen LogP contribution in [0.4, 0.5) is 10.1 Å². The molecule has 0 radical (unpaired) electrons. The third kappa shape index (κ3) is 8.20. The Kier molecular flexibility index (Phi) is 11.1. The van der Waals surface area contributed by atoms with Gasteiger partial charge in [0.25, 0.3) is 10.0 Å². The second kappa shape index (κ2) is 14.3. The maximum Gasteiger partial charge on any atom is 0.264 e. The van der Waals surface area contributed by atoms with Crippen LogP contribution in [0.15, 0.2) is 77.7 Å². The summed E-state index contributed by atoms with van der Waals surface area (Å²) in [4.78, 5) is 28.6. The molecule has 0 saturated heterocycles. The highest BCUT2D eigenvalue weighted by molar-refractivity contribution is 7.92. The minimum absolute atomic E-state index is 0.0439. The quantitative estimate of drug-likeness (QED) is 0.282. The lowest BCUT2D eigenvalue weighted by molar-refractivity contribution is -0.140. The number of nitrogens with zero attached hydrogens (tertiary/aromatic N) is 2. The Bertz CT molecular complexity index is 1420. The van der Waals surface area contributed by atoms with Gasteiger partial charge >= 0.3 is 0 Å². The first-order chi connectivity index (χ1) is 19.5. The van der Waals surface area contributed by atoms with Crippen molar-refractivity contribution in [3.05, 3.63) is 89.2 Å². The molecule has 0 saturated carbocycles. The largest absolute Gasteiger partial charge is 0.497 e. The average Bonchev–Trinajstić information content (AvgIpc) is 2.97. The van der Waals surface area contributed by atoms with Gasteiger partial charge in [-0.05, 0) is 86.0 Å². The Morgan fingerprint density at radius 1 is 0.951 bits per heavy atom. The fourth-order valence-corrected chi connectivity index (χ4v) is 5.70. The normalized spacial score (nSPS) is 12.7. The van der Waals surface area contributed by atoms with Crippen molar-refractivity contribution in [2.75, 3.05) is 18.0 Å². The number of carbonyl (C=O) groups excluding carboxylic acids is 2. The summed E-state index contributed by atoms with van der Waals surface area (Å²) >= 11 is 6.05. The van der Waals surface area contributed by atoms with E-state index in [1.54, 1.807) is 31.2 Å². The molecule has 0 aromatic heterocycles. The first-order valence-electron chi connectivity index (χ1n) is 13.3. The average molecular weight is 604 g/mol. The summed E-state index contributed by atoms with van der Waals surface area (Å²) in [6, 6.07) is 16.4. The summed E-state index contributed by atoms with van der Waals surface area (Å²) in [5.41, 5.74) is 0.808. The van der Waals surface area contributed by atoms with Crippen LogP contribution in [0.3, 0.4) is 0 Å². The molecule has 3 aromatic rings. The lowest BCUT2D eigenvalue weighted by Crippen LogP contribution is -2.53. The van der Waals surface area contributed by atoms with E-state index in [4.69, 9.17) is 16.3 Å². The fraction of sp³-hybridized carbons (Fsp3) is 0.333. The highest BCUT2D eigenvalue weighted by atomic mass is 35.5. The zero-order chi connectivity index (χ0) is 30.2. The molecule has 3 aromatic carbocycles. The van der Waals surface area contributed by atoms with E-state index in [2.05, 4.69) is 5.32 Å². The Balaban J connectivity index is 2.05. The number of ether oxygens (including phenoxy) is 1. The Hall–Kier alpha value is -3.63. The van der Waals surface area contributed by atoms with Crippen molar-refractivity contribution in [2.45, 2.75) is 57.1 Å². The van der Waals surface area contributed by atoms with Crippen LogP contribution in [0, 0.1) is 5.82 Å². The number of methoxy groups -OCH3 is 1. The van der Waals surface area contributed by atoms with E-state index >= 15 is 0 Å². The summed E-state index contributed by atoms with van der Waals surface area (Å²) in [5, 5.41) is 3.44. The lowest BCUT2D eigenvalue weighted by Gasteiger charge is -2.33. The number of benzene rings is 3. The first kappa shape index (κ1) is 31.9. The number of sulfonamides is 1. The number of nitrogens with one attached hydrogen (secondary N) is 1. The number of anilines is 1. The molecule has 0 aliphatic heterocycles. The first-order valence-corrected chi connectivity index (χ1v) is 15.1. The third-order valence-electron chi connectivity index (χ3n) is 6.69. The van der Waals surface area contributed by atoms with Crippen LogP contribution in [0.5, 0.6) is 5.75 Å². The summed E-state index contributed by atoms with van der Waals surface area (Å²) in [6.07, 6.45) is 0.995. The van der Waals surface area contributed by atoms with Crippen LogP contribution in [-0.2, 0) is 26.2 Å². The fourth-order valence-electron chi connectivity index (χ4n) is 4.16. The summed E-state index contributed by atoms with van der Waals surface area (Å²) in [6.45, 7) is 5.01. The number of rotatable bonds is 13. The molecule has 0 aliphatic rings. The number of amides is 2. The predicted molar refractivity (Wildman–Crippen MR) is 158 cm³/mol. The van der Waals surface area contributed by atoms with Crippen LogP contribution >= 0.6 is 11.6 Å². The maximum atomic E-state index is 14.0. The van der Waals surface area contributed by atoms with Gasteiger partial charge in [0.2, 0.25) is 11.8 Å². The topological polar surface area (TPSA) is 96.0 Å². The van der Waals surface area contributed by atoms with Gasteiger partial charge in [-0.3, -0.25) is 13.9 Å². The minimum atomic E-state index is -4.28. The molecule has 3 rings (SSSR count). The number of hydrogen-bond acceptors (Lipinski definition) is 5. The highest BCUT2D eigenvalue weighted by Gasteiger charge is 2.34. The summed E-state index contributed by atoms with van der Waals surface area (Å²) in [7, 11) is -2.82. The van der Waals surface area contributed by atoms with Gasteiger partial charge in [-0.2, -0.15) is 0 Å². The van der Waals surface area contributed by atoms with Gasteiger partial charge in [0.15, 0.2) is 0 Å². The van der Waals surface area contributed by atoms with Crippen molar-refractivity contribution in [3.63, 3.8) is 0 Å². The van der Waals surface area contributed by atoms with Gasteiger partial charge in [-0.25, -0.2) is 12.8 Å². The molecule has 0 fully saturated rings. The molecule has 2 atom stereocenters. The summed E-state index contributed by atoms with van der Waals surface area (Å²) < 4.78 is 47.5. The van der Waals surface area contributed by atoms with Crippen LogP contribution in [0.2, 0.25) is 5.02 Å². The van der Waals surface area contributed by atoms with Crippen molar-refractivity contribution < 1.29 is 27.1 Å². The molecule has 2 amide bonds. The van der Waals surface area contributed by atoms with Crippen molar-refractivity contribution in [1.82, 2.24) is 10.2 Å². The molecule has 0 aliphatic carbocycles. The van der Waals surface area contributed by atoms with Crippen LogP contribution < -0.4 is 14.4 Å². The van der Waals surface area contributed by atoms with E-state index in [9.17, 15) is 22.4 Å². The monoisotopic (exact) mass is 603 g/mol. The van der Waals surface area contributed by atoms with E-state index in [0.717, 1.165) is 16.4 Å². The molecule has 41 heavy (non-hydrogen) atoms. The van der Waals surface area contributed by atoms with E-state index in [1.807, 2.05) is 13.8 Å². The van der Waals surface area contributed by atoms with Gasteiger partial charge < -0.3 is 15.0 Å². The van der Waals surface area contributed by atoms with Gasteiger partial charge in [0.1, 0.15) is 24.2 Å². The second-order valence-electron chi connectivity index (χ2n) is 9.55. The van der Waals surface area contributed by atoms with Crippen molar-refractivity contribution in [3.8, 4) is 5.75 Å². The van der Waals surface area contributed by atoms with Crippen molar-refractivity contribution in [2.24, 2.45) is 0 Å². The number of halogens is 2. The van der Waals surface area contributed by atoms with E-state index < -0.39 is 34.3 Å². The van der Waals surface area contributed by atoms with Gasteiger partial charge in [0, 0.05) is 17.6 Å². The van der Waals surface area contributed by atoms with Gasteiger partial charge in [0.05, 0.1) is 17.7 Å². The zero-order valence-corrected chi connectivity index (χ0v) is 25.1. The molecule has 0 spiro atoms. The second-order valence-corrected chi connectivity index (χ2v) is 11.9. The third-order valence-corrected chi connectivity index (χ3v) is 8.73. The van der Waals surface area contributed by atoms with E-state index in [0.29, 0.717) is 29.2 Å². The number of hydrogen-bond donors (Lipinski definition) is 1. The van der Waals surface area contributed by atoms with Gasteiger partial charge in [-0.15, -0.1) is 0 Å². The molecule has 0 unspecified atom stereocenters. The van der Waals surface area contributed by atoms with Gasteiger partial charge in [-0.1, -0.05) is 37.6 Å². The minimum Gasteiger partial charge on any atom is -0.497 e. The highest BCUT2D eigenvalue weighted by Crippen LogP contribution is 2.26. The molecule has 0 heterocycles. The van der Waals surface area contributed by atoms with Crippen LogP contribution in [0.25, 0.3) is 0 Å². The van der Waals surface area contributed by atoms with Crippen LogP contribution in [-0.4, -0.2) is 50.9 Å². The SMILES string of the molecule is CC[C@H](C)NC(=O)[C@H](CC)N(Cc1ccc(Cl)cc1)C(=O)CN(c1ccc(F)cc1)S(=O)(=O)c1ccc(OC)cc1. The smallest absolute Gasteiger partial charge is 0.264 e. The number of carbonyl (C=O) groups is 2. The van der Waals surface area contributed by atoms with Crippen molar-refractivity contribution in [1.29, 1.82) is 0 Å². The standard InChI is InChI=1S/C30H35ClFN3O5S/c1-5-21(3)33-30(37)28(6-2)34(19-22-7-9-23(31)10-8-22)29(36)20-35(25-13-11-24(32)12-14-25)41(38,39)27-17-15-26(40-4)16-18-27/h7-18,21,28H,5-6,19-20H2,1-4H3,(H,33,37)/t21-,28-/m0/s1. The van der Waals surface area contributed by atoms with E-state index in [-0.39, 0.29) is 29.1 Å². The van der Waals surface area contributed by atoms with Crippen LogP contribution in [0.1, 0.15) is 39.2 Å².